The SMILES string of the molecule is CCCC.CCCc1cc(C)c(CCC)cc1C. The minimum Gasteiger partial charge on any atom is -0.0654 e. The molecule has 0 amide bonds. The quantitative estimate of drug-likeness (QED) is 0.598. The number of rotatable bonds is 5. The highest BCUT2D eigenvalue weighted by molar-refractivity contribution is 5.37. The van der Waals surface area contributed by atoms with Gasteiger partial charge in [0.25, 0.3) is 0 Å². The van der Waals surface area contributed by atoms with Crippen LogP contribution in [0.5, 0.6) is 0 Å². The van der Waals surface area contributed by atoms with Crippen molar-refractivity contribution in [1.29, 1.82) is 0 Å². The van der Waals surface area contributed by atoms with Crippen molar-refractivity contribution >= 4 is 0 Å². The average molecular weight is 248 g/mol. The van der Waals surface area contributed by atoms with Gasteiger partial charge in [-0.25, -0.2) is 0 Å². The molecule has 0 aromatic heterocycles. The molecule has 0 unspecified atom stereocenters. The molecule has 0 heteroatoms. The van der Waals surface area contributed by atoms with Crippen molar-refractivity contribution in [3.8, 4) is 0 Å². The van der Waals surface area contributed by atoms with Gasteiger partial charge in [0, 0.05) is 0 Å². The molecule has 0 saturated carbocycles. The molecular formula is C18H32. The molecule has 0 bridgehead atoms. The van der Waals surface area contributed by atoms with Crippen molar-refractivity contribution in [2.75, 3.05) is 0 Å². The second kappa shape index (κ2) is 10.2. The van der Waals surface area contributed by atoms with Crippen LogP contribution < -0.4 is 0 Å². The van der Waals surface area contributed by atoms with Crippen LogP contribution >= 0.6 is 0 Å². The summed E-state index contributed by atoms with van der Waals surface area (Å²) in [5.74, 6) is 0. The summed E-state index contributed by atoms with van der Waals surface area (Å²) in [7, 11) is 0. The lowest BCUT2D eigenvalue weighted by Crippen LogP contribution is -1.95. The van der Waals surface area contributed by atoms with E-state index in [4.69, 9.17) is 0 Å². The van der Waals surface area contributed by atoms with Gasteiger partial charge >= 0.3 is 0 Å². The monoisotopic (exact) mass is 248 g/mol. The molecule has 0 spiro atoms. The van der Waals surface area contributed by atoms with Gasteiger partial charge in [-0.3, -0.25) is 0 Å². The summed E-state index contributed by atoms with van der Waals surface area (Å²) < 4.78 is 0. The topological polar surface area (TPSA) is 0 Å². The molecule has 1 aromatic carbocycles. The van der Waals surface area contributed by atoms with Crippen molar-refractivity contribution in [2.24, 2.45) is 0 Å². The Morgan fingerprint density at radius 2 is 0.944 bits per heavy atom. The number of hydrogen-bond donors (Lipinski definition) is 0. The average Bonchev–Trinajstić information content (AvgIpc) is 2.36. The molecular weight excluding hydrogens is 216 g/mol. The molecule has 0 aliphatic carbocycles. The van der Waals surface area contributed by atoms with Crippen LogP contribution in [0.2, 0.25) is 0 Å². The summed E-state index contributed by atoms with van der Waals surface area (Å²) in [4.78, 5) is 0. The van der Waals surface area contributed by atoms with Gasteiger partial charge < -0.3 is 0 Å². The fraction of sp³-hybridized carbons (Fsp3) is 0.667. The van der Waals surface area contributed by atoms with Crippen LogP contribution in [0.25, 0.3) is 0 Å². The normalized spacial score (nSPS) is 9.89. The van der Waals surface area contributed by atoms with Crippen molar-refractivity contribution in [3.63, 3.8) is 0 Å². The molecule has 18 heavy (non-hydrogen) atoms. The third kappa shape index (κ3) is 6.23. The van der Waals surface area contributed by atoms with Crippen LogP contribution in [0, 0.1) is 13.8 Å². The number of aryl methyl sites for hydroxylation is 4. The lowest BCUT2D eigenvalue weighted by atomic mass is 9.95. The smallest absolute Gasteiger partial charge is 0.0279 e. The number of unbranched alkanes of at least 4 members (excludes halogenated alkanes) is 1. The van der Waals surface area contributed by atoms with Crippen LogP contribution in [0.1, 0.15) is 75.6 Å². The minimum atomic E-state index is 1.22. The van der Waals surface area contributed by atoms with E-state index in [2.05, 4.69) is 53.7 Å². The Hall–Kier alpha value is -0.780. The molecule has 0 aliphatic heterocycles. The zero-order valence-corrected chi connectivity index (χ0v) is 13.4. The van der Waals surface area contributed by atoms with Gasteiger partial charge in [-0.2, -0.15) is 0 Å². The maximum atomic E-state index is 2.38. The van der Waals surface area contributed by atoms with E-state index in [0.717, 1.165) is 0 Å². The van der Waals surface area contributed by atoms with Gasteiger partial charge in [-0.15, -0.1) is 0 Å². The Balaban J connectivity index is 0.000000631. The maximum absolute atomic E-state index is 2.38. The minimum absolute atomic E-state index is 1.22. The third-order valence-corrected chi connectivity index (χ3v) is 3.33. The van der Waals surface area contributed by atoms with E-state index < -0.39 is 0 Å². The predicted molar refractivity (Wildman–Crippen MR) is 84.5 cm³/mol. The van der Waals surface area contributed by atoms with E-state index in [9.17, 15) is 0 Å². The van der Waals surface area contributed by atoms with Crippen LogP contribution in [0.3, 0.4) is 0 Å². The first kappa shape index (κ1) is 17.2. The maximum Gasteiger partial charge on any atom is -0.0279 e. The first-order chi connectivity index (χ1) is 8.60. The largest absolute Gasteiger partial charge is 0.0654 e. The molecule has 0 radical (unpaired) electrons. The Morgan fingerprint density at radius 3 is 1.17 bits per heavy atom. The summed E-state index contributed by atoms with van der Waals surface area (Å²) in [5.41, 5.74) is 6.01. The molecule has 104 valence electrons. The highest BCUT2D eigenvalue weighted by atomic mass is 14.1. The van der Waals surface area contributed by atoms with Crippen LogP contribution in [-0.4, -0.2) is 0 Å². The summed E-state index contributed by atoms with van der Waals surface area (Å²) >= 11 is 0. The molecule has 0 heterocycles. The van der Waals surface area contributed by atoms with Crippen LogP contribution in [-0.2, 0) is 12.8 Å². The summed E-state index contributed by atoms with van der Waals surface area (Å²) in [5, 5.41) is 0. The number of benzene rings is 1. The lowest BCUT2D eigenvalue weighted by molar-refractivity contribution is 0.886. The Bertz CT molecular complexity index is 289. The van der Waals surface area contributed by atoms with E-state index in [1.54, 1.807) is 0 Å². The van der Waals surface area contributed by atoms with E-state index in [1.165, 1.54) is 60.8 Å². The standard InChI is InChI=1S/C14H22.C4H10/c1-5-7-13-9-12(4)14(8-6-2)10-11(13)3;1-3-4-2/h9-10H,5-8H2,1-4H3;3-4H2,1-2H3. The second-order valence-corrected chi connectivity index (χ2v) is 5.21. The van der Waals surface area contributed by atoms with Crippen molar-refractivity contribution < 1.29 is 0 Å². The highest BCUT2D eigenvalue weighted by Crippen LogP contribution is 2.18. The summed E-state index contributed by atoms with van der Waals surface area (Å²) in [6.07, 6.45) is 7.57. The van der Waals surface area contributed by atoms with Crippen LogP contribution in [0.4, 0.5) is 0 Å². The van der Waals surface area contributed by atoms with Crippen LogP contribution in [0.15, 0.2) is 12.1 Å². The molecule has 0 aliphatic rings. The zero-order valence-electron chi connectivity index (χ0n) is 13.4. The Labute approximate surface area is 115 Å². The van der Waals surface area contributed by atoms with Gasteiger partial charge in [0.15, 0.2) is 0 Å². The zero-order chi connectivity index (χ0) is 14.0. The van der Waals surface area contributed by atoms with Crippen molar-refractivity contribution in [1.82, 2.24) is 0 Å². The van der Waals surface area contributed by atoms with Crippen molar-refractivity contribution in [3.05, 3.63) is 34.4 Å². The van der Waals surface area contributed by atoms with Gasteiger partial charge in [0.05, 0.1) is 0 Å². The Morgan fingerprint density at radius 1 is 0.611 bits per heavy atom. The van der Waals surface area contributed by atoms with E-state index in [0.29, 0.717) is 0 Å². The fourth-order valence-corrected chi connectivity index (χ4v) is 2.01. The van der Waals surface area contributed by atoms with Gasteiger partial charge in [-0.05, 0) is 48.9 Å². The predicted octanol–water partition coefficient (Wildman–Crippen LogP) is 6.01. The van der Waals surface area contributed by atoms with Gasteiger partial charge in [-0.1, -0.05) is 65.5 Å². The molecule has 1 aromatic rings. The summed E-state index contributed by atoms with van der Waals surface area (Å²) in [6.45, 7) is 13.3. The second-order valence-electron chi connectivity index (χ2n) is 5.21. The molecule has 0 saturated heterocycles. The molecule has 0 N–H and O–H groups in total. The first-order valence-corrected chi connectivity index (χ1v) is 7.69. The highest BCUT2D eigenvalue weighted by Gasteiger charge is 2.02. The lowest BCUT2D eigenvalue weighted by Gasteiger charge is -2.11. The van der Waals surface area contributed by atoms with Gasteiger partial charge in [0.1, 0.15) is 0 Å². The molecule has 1 rings (SSSR count). The molecule has 0 atom stereocenters. The molecule has 0 fully saturated rings. The van der Waals surface area contributed by atoms with E-state index in [-0.39, 0.29) is 0 Å². The summed E-state index contributed by atoms with van der Waals surface area (Å²) in [6, 6.07) is 4.76. The van der Waals surface area contributed by atoms with E-state index in [1.807, 2.05) is 0 Å². The van der Waals surface area contributed by atoms with Crippen molar-refractivity contribution in [2.45, 2.75) is 80.1 Å². The molecule has 0 nitrogen and oxygen atoms in total. The Kier molecular flexibility index (Phi) is 9.73. The van der Waals surface area contributed by atoms with E-state index >= 15 is 0 Å². The fourth-order valence-electron chi connectivity index (χ4n) is 2.01. The third-order valence-electron chi connectivity index (χ3n) is 3.33. The first-order valence-electron chi connectivity index (χ1n) is 7.69. The van der Waals surface area contributed by atoms with Gasteiger partial charge in [0.2, 0.25) is 0 Å². The number of hydrogen-bond acceptors (Lipinski definition) is 0.